The van der Waals surface area contributed by atoms with Gasteiger partial charge < -0.3 is 15.4 Å². The van der Waals surface area contributed by atoms with Crippen molar-refractivity contribution in [3.8, 4) is 0 Å². The third-order valence-corrected chi connectivity index (χ3v) is 2.55. The first-order chi connectivity index (χ1) is 8.36. The van der Waals surface area contributed by atoms with Gasteiger partial charge in [-0.3, -0.25) is 0 Å². The largest absolute Gasteiger partial charge is 0.451 e. The molecule has 8 heteroatoms. The van der Waals surface area contributed by atoms with Gasteiger partial charge >= 0.3 is 6.18 Å². The molecule has 0 amide bonds. The number of nitrogens with zero attached hydrogens (tertiary/aromatic N) is 3. The van der Waals surface area contributed by atoms with E-state index >= 15 is 0 Å². The van der Waals surface area contributed by atoms with E-state index in [9.17, 15) is 13.2 Å². The van der Waals surface area contributed by atoms with E-state index in [-0.39, 0.29) is 17.7 Å². The Labute approximate surface area is 102 Å². The molecule has 2 N–H and O–H groups in total. The first-order valence-corrected chi connectivity index (χ1v) is 5.44. The van der Waals surface area contributed by atoms with Crippen molar-refractivity contribution in [3.63, 3.8) is 0 Å². The highest BCUT2D eigenvalue weighted by Gasteiger charge is 2.36. The van der Waals surface area contributed by atoms with Crippen LogP contribution in [0.1, 0.15) is 12.7 Å². The van der Waals surface area contributed by atoms with Crippen molar-refractivity contribution in [1.29, 1.82) is 0 Å². The number of hydrogen-bond donors (Lipinski definition) is 1. The lowest BCUT2D eigenvalue weighted by Gasteiger charge is -2.32. The van der Waals surface area contributed by atoms with E-state index in [2.05, 4.69) is 9.97 Å². The summed E-state index contributed by atoms with van der Waals surface area (Å²) in [5.74, 6) is -1.21. The van der Waals surface area contributed by atoms with E-state index in [1.807, 2.05) is 6.92 Å². The summed E-state index contributed by atoms with van der Waals surface area (Å²) in [6.07, 6.45) is -4.65. The number of nitrogens with two attached hydrogens (primary N) is 1. The normalized spacial score (nSPS) is 21.1. The van der Waals surface area contributed by atoms with Gasteiger partial charge in [0.25, 0.3) is 0 Å². The van der Waals surface area contributed by atoms with E-state index in [1.165, 1.54) is 6.07 Å². The van der Waals surface area contributed by atoms with Crippen LogP contribution in [0.25, 0.3) is 0 Å². The van der Waals surface area contributed by atoms with Crippen molar-refractivity contribution in [3.05, 3.63) is 11.9 Å². The van der Waals surface area contributed by atoms with Crippen molar-refractivity contribution in [2.75, 3.05) is 30.3 Å². The SMILES string of the molecule is CC1CN(c2cc(N)nc(C(F)(F)F)n2)CCO1. The van der Waals surface area contributed by atoms with Crippen LogP contribution in [0.4, 0.5) is 24.8 Å². The van der Waals surface area contributed by atoms with Gasteiger partial charge in [-0.2, -0.15) is 13.2 Å². The number of nitrogen functional groups attached to an aromatic ring is 1. The topological polar surface area (TPSA) is 64.3 Å². The van der Waals surface area contributed by atoms with E-state index < -0.39 is 12.0 Å². The Hall–Kier alpha value is -1.57. The Bertz CT molecular complexity index is 438. The third kappa shape index (κ3) is 2.81. The molecule has 5 nitrogen and oxygen atoms in total. The van der Waals surface area contributed by atoms with Crippen molar-refractivity contribution < 1.29 is 17.9 Å². The fraction of sp³-hybridized carbons (Fsp3) is 0.600. The van der Waals surface area contributed by atoms with Gasteiger partial charge in [-0.25, -0.2) is 9.97 Å². The highest BCUT2D eigenvalue weighted by Crippen LogP contribution is 2.29. The van der Waals surface area contributed by atoms with Gasteiger partial charge in [0, 0.05) is 19.2 Å². The molecule has 1 aliphatic rings. The molecule has 2 rings (SSSR count). The van der Waals surface area contributed by atoms with E-state index in [0.29, 0.717) is 19.7 Å². The second-order valence-corrected chi connectivity index (χ2v) is 4.10. The van der Waals surface area contributed by atoms with Gasteiger partial charge in [0.2, 0.25) is 5.82 Å². The fourth-order valence-electron chi connectivity index (χ4n) is 1.77. The minimum atomic E-state index is -4.60. The molecule has 0 saturated carbocycles. The van der Waals surface area contributed by atoms with Gasteiger partial charge in [0.05, 0.1) is 12.7 Å². The average Bonchev–Trinajstić information content (AvgIpc) is 2.27. The molecule has 0 bridgehead atoms. The van der Waals surface area contributed by atoms with Gasteiger partial charge in [0.15, 0.2) is 0 Å². The highest BCUT2D eigenvalue weighted by atomic mass is 19.4. The number of alkyl halides is 3. The minimum absolute atomic E-state index is 0.0516. The van der Waals surface area contributed by atoms with Crippen molar-refractivity contribution >= 4 is 11.6 Å². The number of rotatable bonds is 1. The molecule has 2 heterocycles. The van der Waals surface area contributed by atoms with Crippen LogP contribution in [0.2, 0.25) is 0 Å². The lowest BCUT2D eigenvalue weighted by atomic mass is 10.3. The zero-order valence-corrected chi connectivity index (χ0v) is 9.74. The second-order valence-electron chi connectivity index (χ2n) is 4.10. The zero-order valence-electron chi connectivity index (χ0n) is 9.74. The Kier molecular flexibility index (Phi) is 3.29. The third-order valence-electron chi connectivity index (χ3n) is 2.55. The smallest absolute Gasteiger partial charge is 0.384 e. The average molecular weight is 262 g/mol. The molecule has 1 fully saturated rings. The van der Waals surface area contributed by atoms with Crippen LogP contribution in [0, 0.1) is 0 Å². The molecule has 18 heavy (non-hydrogen) atoms. The van der Waals surface area contributed by atoms with Crippen LogP contribution >= 0.6 is 0 Å². The van der Waals surface area contributed by atoms with Crippen LogP contribution in [-0.2, 0) is 10.9 Å². The van der Waals surface area contributed by atoms with Gasteiger partial charge in [-0.15, -0.1) is 0 Å². The quantitative estimate of drug-likeness (QED) is 0.826. The molecular weight excluding hydrogens is 249 g/mol. The van der Waals surface area contributed by atoms with Crippen LogP contribution in [0.15, 0.2) is 6.07 Å². The molecule has 1 atom stereocenters. The predicted octanol–water partition coefficient (Wildman–Crippen LogP) is 1.30. The second kappa shape index (κ2) is 4.60. The maximum absolute atomic E-state index is 12.6. The minimum Gasteiger partial charge on any atom is -0.384 e. The molecule has 0 radical (unpaired) electrons. The van der Waals surface area contributed by atoms with Crippen LogP contribution in [-0.4, -0.2) is 35.8 Å². The summed E-state index contributed by atoms with van der Waals surface area (Å²) in [5, 5.41) is 0. The molecule has 1 aromatic rings. The molecule has 1 saturated heterocycles. The Morgan fingerprint density at radius 2 is 2.17 bits per heavy atom. The Balaban J connectivity index is 2.30. The monoisotopic (exact) mass is 262 g/mol. The molecular formula is C10H13F3N4O. The summed E-state index contributed by atoms with van der Waals surface area (Å²) in [6, 6.07) is 1.34. The lowest BCUT2D eigenvalue weighted by molar-refractivity contribution is -0.144. The maximum Gasteiger partial charge on any atom is 0.451 e. The summed E-state index contributed by atoms with van der Waals surface area (Å²) >= 11 is 0. The lowest BCUT2D eigenvalue weighted by Crippen LogP contribution is -2.41. The number of hydrogen-bond acceptors (Lipinski definition) is 5. The van der Waals surface area contributed by atoms with Crippen molar-refractivity contribution in [2.24, 2.45) is 0 Å². The van der Waals surface area contributed by atoms with Crippen LogP contribution in [0.5, 0.6) is 0 Å². The predicted molar refractivity (Wildman–Crippen MR) is 59.1 cm³/mol. The van der Waals surface area contributed by atoms with Crippen molar-refractivity contribution in [2.45, 2.75) is 19.2 Å². The Morgan fingerprint density at radius 1 is 1.44 bits per heavy atom. The standard InChI is InChI=1S/C10H13F3N4O/c1-6-5-17(2-3-18-6)8-4-7(14)15-9(16-8)10(11,12)13/h4,6H,2-3,5H2,1H3,(H2,14,15,16). The van der Waals surface area contributed by atoms with Crippen LogP contribution in [0.3, 0.4) is 0 Å². The Morgan fingerprint density at radius 3 is 2.78 bits per heavy atom. The first-order valence-electron chi connectivity index (χ1n) is 5.44. The number of morpholine rings is 1. The van der Waals surface area contributed by atoms with Gasteiger partial charge in [-0.1, -0.05) is 0 Å². The first kappa shape index (κ1) is 12.9. The van der Waals surface area contributed by atoms with Gasteiger partial charge in [-0.05, 0) is 6.92 Å². The molecule has 0 spiro atoms. The number of aromatic nitrogens is 2. The maximum atomic E-state index is 12.6. The summed E-state index contributed by atoms with van der Waals surface area (Å²) in [5.41, 5.74) is 5.39. The molecule has 1 aliphatic heterocycles. The number of halogens is 3. The van der Waals surface area contributed by atoms with E-state index in [0.717, 1.165) is 0 Å². The van der Waals surface area contributed by atoms with Crippen molar-refractivity contribution in [1.82, 2.24) is 9.97 Å². The zero-order chi connectivity index (χ0) is 13.3. The van der Waals surface area contributed by atoms with Gasteiger partial charge in [0.1, 0.15) is 11.6 Å². The van der Waals surface area contributed by atoms with E-state index in [4.69, 9.17) is 10.5 Å². The highest BCUT2D eigenvalue weighted by molar-refractivity contribution is 5.47. The molecule has 100 valence electrons. The summed E-state index contributed by atoms with van der Waals surface area (Å²) in [4.78, 5) is 8.43. The fourth-order valence-corrected chi connectivity index (χ4v) is 1.77. The van der Waals surface area contributed by atoms with E-state index in [1.54, 1.807) is 4.90 Å². The molecule has 1 unspecified atom stereocenters. The summed E-state index contributed by atoms with van der Waals surface area (Å²) < 4.78 is 43.0. The summed E-state index contributed by atoms with van der Waals surface area (Å²) in [7, 11) is 0. The molecule has 0 aromatic carbocycles. The number of ether oxygens (including phenoxy) is 1. The van der Waals surface area contributed by atoms with Crippen LogP contribution < -0.4 is 10.6 Å². The summed E-state index contributed by atoms with van der Waals surface area (Å²) in [6.45, 7) is 3.26. The molecule has 1 aromatic heterocycles. The molecule has 0 aliphatic carbocycles. The number of anilines is 2.